The highest BCUT2D eigenvalue weighted by molar-refractivity contribution is 7.89. The number of ether oxygens (including phenoxy) is 2. The lowest BCUT2D eigenvalue weighted by molar-refractivity contribution is 0.0966. The van der Waals surface area contributed by atoms with E-state index in [0.29, 0.717) is 51.4 Å². The molecule has 0 atom stereocenters. The Kier molecular flexibility index (Phi) is 5.85. The lowest BCUT2D eigenvalue weighted by Crippen LogP contribution is -2.46. The SMILES string of the molecule is CCOC(=O)N1CCC(NS(=O)(=O)c2ccc(N3CCOC3=O)cc2)CC1. The number of rotatable bonds is 5. The van der Waals surface area contributed by atoms with Crippen molar-refractivity contribution in [1.82, 2.24) is 9.62 Å². The van der Waals surface area contributed by atoms with Crippen LogP contribution in [0.4, 0.5) is 15.3 Å². The molecule has 2 saturated heterocycles. The van der Waals surface area contributed by atoms with E-state index in [1.807, 2.05) is 0 Å². The molecule has 148 valence electrons. The molecule has 0 aromatic heterocycles. The first-order chi connectivity index (χ1) is 12.9. The minimum absolute atomic E-state index is 0.131. The Morgan fingerprint density at radius 2 is 1.89 bits per heavy atom. The standard InChI is InChI=1S/C17H23N3O6S/c1-2-25-16(21)19-9-7-13(8-10-19)18-27(23,24)15-5-3-14(4-6-15)20-11-12-26-17(20)22/h3-6,13,18H,2,7-12H2,1H3. The third kappa shape index (κ3) is 4.51. The van der Waals surface area contributed by atoms with Gasteiger partial charge >= 0.3 is 12.2 Å². The first-order valence-corrected chi connectivity index (χ1v) is 10.4. The lowest BCUT2D eigenvalue weighted by atomic mass is 10.1. The van der Waals surface area contributed by atoms with Gasteiger partial charge in [0, 0.05) is 24.8 Å². The monoisotopic (exact) mass is 397 g/mol. The zero-order chi connectivity index (χ0) is 19.4. The number of amides is 2. The van der Waals surface area contributed by atoms with Crippen LogP contribution in [0.1, 0.15) is 19.8 Å². The number of likely N-dealkylation sites (tertiary alicyclic amines) is 1. The quantitative estimate of drug-likeness (QED) is 0.808. The third-order valence-electron chi connectivity index (χ3n) is 4.56. The number of benzene rings is 1. The van der Waals surface area contributed by atoms with Gasteiger partial charge in [0.1, 0.15) is 6.61 Å². The summed E-state index contributed by atoms with van der Waals surface area (Å²) in [5.41, 5.74) is 0.596. The Morgan fingerprint density at radius 1 is 1.22 bits per heavy atom. The zero-order valence-electron chi connectivity index (χ0n) is 15.1. The van der Waals surface area contributed by atoms with Crippen molar-refractivity contribution < 1.29 is 27.5 Å². The molecule has 2 fully saturated rings. The van der Waals surface area contributed by atoms with Crippen LogP contribution < -0.4 is 9.62 Å². The van der Waals surface area contributed by atoms with Crippen LogP contribution in [-0.2, 0) is 19.5 Å². The summed E-state index contributed by atoms with van der Waals surface area (Å²) in [6.07, 6.45) is 0.248. The molecule has 9 nitrogen and oxygen atoms in total. The van der Waals surface area contributed by atoms with E-state index in [1.54, 1.807) is 24.0 Å². The minimum atomic E-state index is -3.68. The fourth-order valence-corrected chi connectivity index (χ4v) is 4.42. The molecular weight excluding hydrogens is 374 g/mol. The van der Waals surface area contributed by atoms with Gasteiger partial charge in [0.15, 0.2) is 0 Å². The Hall–Kier alpha value is -2.33. The maximum atomic E-state index is 12.6. The zero-order valence-corrected chi connectivity index (χ0v) is 15.9. The van der Waals surface area contributed by atoms with Crippen molar-refractivity contribution >= 4 is 27.9 Å². The molecule has 2 aliphatic rings. The summed E-state index contributed by atoms with van der Waals surface area (Å²) < 4.78 is 37.7. The van der Waals surface area contributed by atoms with Crippen molar-refractivity contribution in [2.24, 2.45) is 0 Å². The number of anilines is 1. The molecule has 2 aliphatic heterocycles. The van der Waals surface area contributed by atoms with Gasteiger partial charge in [-0.15, -0.1) is 0 Å². The molecule has 2 amide bonds. The molecule has 27 heavy (non-hydrogen) atoms. The van der Waals surface area contributed by atoms with Crippen molar-refractivity contribution in [3.63, 3.8) is 0 Å². The maximum absolute atomic E-state index is 12.6. The summed E-state index contributed by atoms with van der Waals surface area (Å²) in [6.45, 7) is 3.73. The smallest absolute Gasteiger partial charge is 0.414 e. The van der Waals surface area contributed by atoms with E-state index >= 15 is 0 Å². The van der Waals surface area contributed by atoms with Crippen molar-refractivity contribution in [3.05, 3.63) is 24.3 Å². The van der Waals surface area contributed by atoms with Crippen LogP contribution in [0, 0.1) is 0 Å². The third-order valence-corrected chi connectivity index (χ3v) is 6.10. The lowest BCUT2D eigenvalue weighted by Gasteiger charge is -2.31. The van der Waals surface area contributed by atoms with E-state index in [2.05, 4.69) is 4.72 Å². The maximum Gasteiger partial charge on any atom is 0.414 e. The summed E-state index contributed by atoms with van der Waals surface area (Å²) in [5, 5.41) is 0. The summed E-state index contributed by atoms with van der Waals surface area (Å²) in [6, 6.07) is 5.87. The van der Waals surface area contributed by atoms with Crippen molar-refractivity contribution in [2.45, 2.75) is 30.7 Å². The van der Waals surface area contributed by atoms with Crippen molar-refractivity contribution in [1.29, 1.82) is 0 Å². The average Bonchev–Trinajstić information content (AvgIpc) is 3.08. The van der Waals surface area contributed by atoms with Crippen LogP contribution >= 0.6 is 0 Å². The number of hydrogen-bond donors (Lipinski definition) is 1. The second-order valence-corrected chi connectivity index (χ2v) is 8.06. The van der Waals surface area contributed by atoms with Gasteiger partial charge in [-0.2, -0.15) is 0 Å². The van der Waals surface area contributed by atoms with Gasteiger partial charge in [-0.1, -0.05) is 0 Å². The van der Waals surface area contributed by atoms with Gasteiger partial charge in [0.2, 0.25) is 10.0 Å². The van der Waals surface area contributed by atoms with Crippen molar-refractivity contribution in [3.8, 4) is 0 Å². The van der Waals surface area contributed by atoms with Gasteiger partial charge < -0.3 is 14.4 Å². The molecule has 0 saturated carbocycles. The minimum Gasteiger partial charge on any atom is -0.450 e. The second kappa shape index (κ2) is 8.13. The predicted molar refractivity (Wildman–Crippen MR) is 97.1 cm³/mol. The number of nitrogens with zero attached hydrogens (tertiary/aromatic N) is 2. The van der Waals surface area contributed by atoms with Gasteiger partial charge in [0.25, 0.3) is 0 Å². The van der Waals surface area contributed by atoms with Crippen LogP contribution in [0.15, 0.2) is 29.2 Å². The average molecular weight is 397 g/mol. The van der Waals surface area contributed by atoms with Gasteiger partial charge in [-0.25, -0.2) is 22.7 Å². The summed E-state index contributed by atoms with van der Waals surface area (Å²) in [5.74, 6) is 0. The summed E-state index contributed by atoms with van der Waals surface area (Å²) in [7, 11) is -3.68. The van der Waals surface area contributed by atoms with Crippen LogP contribution in [0.2, 0.25) is 0 Å². The fourth-order valence-electron chi connectivity index (χ4n) is 3.12. The Balaban J connectivity index is 1.59. The van der Waals surface area contributed by atoms with Crippen molar-refractivity contribution in [2.75, 3.05) is 37.7 Å². The molecule has 0 bridgehead atoms. The first-order valence-electron chi connectivity index (χ1n) is 8.89. The van der Waals surface area contributed by atoms with E-state index in [1.165, 1.54) is 17.0 Å². The number of cyclic esters (lactones) is 1. The molecule has 0 spiro atoms. The predicted octanol–water partition coefficient (Wildman–Crippen LogP) is 1.54. The number of nitrogens with one attached hydrogen (secondary N) is 1. The Morgan fingerprint density at radius 3 is 2.44 bits per heavy atom. The van der Waals surface area contributed by atoms with E-state index in [0.717, 1.165) is 0 Å². The second-order valence-electron chi connectivity index (χ2n) is 6.34. The highest BCUT2D eigenvalue weighted by atomic mass is 32.2. The number of carbonyl (C=O) groups excluding carboxylic acids is 2. The van der Waals surface area contributed by atoms with Crippen LogP contribution in [-0.4, -0.2) is 64.4 Å². The molecule has 1 aromatic rings. The van der Waals surface area contributed by atoms with E-state index in [4.69, 9.17) is 9.47 Å². The molecule has 0 unspecified atom stereocenters. The van der Waals surface area contributed by atoms with Crippen LogP contribution in [0.25, 0.3) is 0 Å². The molecule has 10 heteroatoms. The molecule has 1 aromatic carbocycles. The summed E-state index contributed by atoms with van der Waals surface area (Å²) >= 11 is 0. The Bertz CT molecular complexity index is 787. The molecule has 3 rings (SSSR count). The normalized spacial score (nSPS) is 18.5. The molecule has 0 aliphatic carbocycles. The number of sulfonamides is 1. The summed E-state index contributed by atoms with van der Waals surface area (Å²) in [4.78, 5) is 26.4. The topological polar surface area (TPSA) is 105 Å². The van der Waals surface area contributed by atoms with Gasteiger partial charge in [-0.3, -0.25) is 4.90 Å². The van der Waals surface area contributed by atoms with Gasteiger partial charge in [0.05, 0.1) is 18.0 Å². The number of carbonyl (C=O) groups is 2. The van der Waals surface area contributed by atoms with E-state index in [9.17, 15) is 18.0 Å². The van der Waals surface area contributed by atoms with E-state index in [-0.39, 0.29) is 17.0 Å². The molecular formula is C17H23N3O6S. The van der Waals surface area contributed by atoms with Gasteiger partial charge in [-0.05, 0) is 44.0 Å². The van der Waals surface area contributed by atoms with Crippen LogP contribution in [0.5, 0.6) is 0 Å². The molecule has 2 heterocycles. The fraction of sp³-hybridized carbons (Fsp3) is 0.529. The molecule has 1 N–H and O–H groups in total. The largest absolute Gasteiger partial charge is 0.450 e. The number of hydrogen-bond acceptors (Lipinski definition) is 6. The Labute approximate surface area is 158 Å². The van der Waals surface area contributed by atoms with E-state index < -0.39 is 16.1 Å². The number of piperidine rings is 1. The van der Waals surface area contributed by atoms with Crippen LogP contribution in [0.3, 0.4) is 0 Å². The highest BCUT2D eigenvalue weighted by Gasteiger charge is 2.28. The molecule has 0 radical (unpaired) electrons. The first kappa shape index (κ1) is 19.4. The highest BCUT2D eigenvalue weighted by Crippen LogP contribution is 2.22.